The van der Waals surface area contributed by atoms with E-state index in [2.05, 4.69) is 35.1 Å². The van der Waals surface area contributed by atoms with Crippen molar-refractivity contribution in [2.24, 2.45) is 0 Å². The van der Waals surface area contributed by atoms with Crippen LogP contribution in [0.5, 0.6) is 0 Å². The lowest BCUT2D eigenvalue weighted by Crippen LogP contribution is -2.57. The van der Waals surface area contributed by atoms with Crippen LogP contribution < -0.4 is 5.32 Å². The van der Waals surface area contributed by atoms with Gasteiger partial charge in [-0.3, -0.25) is 9.80 Å². The van der Waals surface area contributed by atoms with E-state index in [0.717, 1.165) is 38.2 Å². The first-order valence-electron chi connectivity index (χ1n) is 7.27. The van der Waals surface area contributed by atoms with Gasteiger partial charge in [0, 0.05) is 26.2 Å². The molecule has 4 heteroatoms. The zero-order valence-electron chi connectivity index (χ0n) is 11.7. The second-order valence-electron chi connectivity index (χ2n) is 5.36. The van der Waals surface area contributed by atoms with Gasteiger partial charge in [0.25, 0.3) is 0 Å². The highest BCUT2D eigenvalue weighted by molar-refractivity contribution is 5.81. The van der Waals surface area contributed by atoms with Gasteiger partial charge in [-0.1, -0.05) is 30.3 Å². The summed E-state index contributed by atoms with van der Waals surface area (Å²) < 4.78 is 0. The third-order valence-electron chi connectivity index (χ3n) is 4.09. The fourth-order valence-corrected chi connectivity index (χ4v) is 3.18. The Morgan fingerprint density at radius 2 is 2.05 bits per heavy atom. The fourth-order valence-electron chi connectivity index (χ4n) is 3.18. The lowest BCUT2D eigenvalue weighted by molar-refractivity contribution is -0.158. The van der Waals surface area contributed by atoms with Crippen LogP contribution in [-0.4, -0.2) is 42.1 Å². The van der Waals surface area contributed by atoms with Crippen LogP contribution >= 0.6 is 0 Å². The van der Waals surface area contributed by atoms with E-state index in [1.807, 2.05) is 17.2 Å². The quantitative estimate of drug-likeness (QED) is 0.847. The highest BCUT2D eigenvalue weighted by Crippen LogP contribution is 2.34. The first-order chi connectivity index (χ1) is 9.81. The number of carbonyl (C=O) groups excluding carboxylic acids is 1. The molecule has 0 bridgehead atoms. The number of hydrogen-bond acceptors (Lipinski definition) is 3. The second kappa shape index (κ2) is 5.77. The van der Waals surface area contributed by atoms with Gasteiger partial charge in [0.15, 0.2) is 0 Å². The predicted molar refractivity (Wildman–Crippen MR) is 79.0 cm³/mol. The highest BCUT2D eigenvalue weighted by atomic mass is 16.2. The summed E-state index contributed by atoms with van der Waals surface area (Å²) in [6.07, 6.45) is 3.22. The number of amides is 1. The molecule has 0 radical (unpaired) electrons. The van der Waals surface area contributed by atoms with Gasteiger partial charge in [0.1, 0.15) is 0 Å². The number of nitrogens with zero attached hydrogens (tertiary/aromatic N) is 2. The Hall–Kier alpha value is -1.65. The van der Waals surface area contributed by atoms with Crippen LogP contribution in [0, 0.1) is 0 Å². The van der Waals surface area contributed by atoms with Crippen molar-refractivity contribution in [1.29, 1.82) is 0 Å². The molecular formula is C16H21N3O. The van der Waals surface area contributed by atoms with Crippen molar-refractivity contribution in [2.75, 3.05) is 26.2 Å². The van der Waals surface area contributed by atoms with Crippen molar-refractivity contribution >= 4 is 5.91 Å². The van der Waals surface area contributed by atoms with Crippen molar-refractivity contribution in [2.45, 2.75) is 18.9 Å². The number of rotatable bonds is 3. The molecule has 20 heavy (non-hydrogen) atoms. The Morgan fingerprint density at radius 1 is 1.30 bits per heavy atom. The third-order valence-corrected chi connectivity index (χ3v) is 4.09. The first kappa shape index (κ1) is 13.3. The van der Waals surface area contributed by atoms with E-state index in [9.17, 15) is 4.79 Å². The second-order valence-corrected chi connectivity index (χ2v) is 5.36. The summed E-state index contributed by atoms with van der Waals surface area (Å²) >= 11 is 0. The van der Waals surface area contributed by atoms with Gasteiger partial charge in [0.2, 0.25) is 5.91 Å². The Bertz CT molecular complexity index is 508. The smallest absolute Gasteiger partial charge is 0.241 e. The van der Waals surface area contributed by atoms with E-state index in [4.69, 9.17) is 0 Å². The predicted octanol–water partition coefficient (Wildman–Crippen LogP) is 1.51. The van der Waals surface area contributed by atoms with Gasteiger partial charge < -0.3 is 5.32 Å². The lowest BCUT2D eigenvalue weighted by atomic mass is 9.91. The number of carbonyl (C=O) groups is 1. The molecule has 3 rings (SSSR count). The number of nitrogens with one attached hydrogen (secondary N) is 1. The van der Waals surface area contributed by atoms with Gasteiger partial charge in [-0.15, -0.1) is 6.58 Å². The lowest BCUT2D eigenvalue weighted by Gasteiger charge is -2.45. The maximum atomic E-state index is 12.6. The normalized spacial score (nSPS) is 23.5. The van der Waals surface area contributed by atoms with Crippen molar-refractivity contribution in [3.63, 3.8) is 0 Å². The average molecular weight is 271 g/mol. The Balaban J connectivity index is 1.95. The molecule has 0 spiro atoms. The van der Waals surface area contributed by atoms with Crippen LogP contribution in [0.25, 0.3) is 0 Å². The van der Waals surface area contributed by atoms with E-state index >= 15 is 0 Å². The van der Waals surface area contributed by atoms with Crippen molar-refractivity contribution in [1.82, 2.24) is 15.3 Å². The Morgan fingerprint density at radius 3 is 2.80 bits per heavy atom. The maximum absolute atomic E-state index is 12.6. The first-order valence-corrected chi connectivity index (χ1v) is 7.27. The van der Waals surface area contributed by atoms with Crippen LogP contribution in [-0.2, 0) is 11.2 Å². The maximum Gasteiger partial charge on any atom is 0.241 e. The van der Waals surface area contributed by atoms with Crippen LogP contribution in [0.4, 0.5) is 0 Å². The Labute approximate surface area is 120 Å². The van der Waals surface area contributed by atoms with Crippen LogP contribution in [0.3, 0.4) is 0 Å². The summed E-state index contributed by atoms with van der Waals surface area (Å²) in [7, 11) is 0. The van der Waals surface area contributed by atoms with E-state index < -0.39 is 0 Å². The minimum Gasteiger partial charge on any atom is -0.314 e. The van der Waals surface area contributed by atoms with E-state index in [-0.39, 0.29) is 11.9 Å². The summed E-state index contributed by atoms with van der Waals surface area (Å²) in [5.41, 5.74) is 2.43. The topological polar surface area (TPSA) is 35.6 Å². The van der Waals surface area contributed by atoms with Gasteiger partial charge in [-0.25, -0.2) is 5.01 Å². The molecule has 1 N–H and O–H groups in total. The molecule has 2 aliphatic heterocycles. The molecule has 1 aromatic carbocycles. The van der Waals surface area contributed by atoms with Crippen LogP contribution in [0.15, 0.2) is 36.9 Å². The van der Waals surface area contributed by atoms with E-state index in [1.54, 1.807) is 0 Å². The molecule has 4 nitrogen and oxygen atoms in total. The molecule has 106 valence electrons. The van der Waals surface area contributed by atoms with Gasteiger partial charge in [0.05, 0.1) is 12.5 Å². The van der Waals surface area contributed by atoms with Crippen LogP contribution in [0.2, 0.25) is 0 Å². The monoisotopic (exact) mass is 271 g/mol. The number of benzene rings is 1. The average Bonchev–Trinajstić information content (AvgIpc) is 2.48. The molecule has 1 saturated heterocycles. The molecule has 1 fully saturated rings. The van der Waals surface area contributed by atoms with Crippen LogP contribution in [0.1, 0.15) is 23.6 Å². The number of fused-ring (bicyclic) bond motifs is 1. The highest BCUT2D eigenvalue weighted by Gasteiger charge is 2.35. The van der Waals surface area contributed by atoms with Gasteiger partial charge in [-0.2, -0.15) is 0 Å². The molecule has 1 amide bonds. The zero-order chi connectivity index (χ0) is 13.9. The van der Waals surface area contributed by atoms with Crippen molar-refractivity contribution < 1.29 is 4.79 Å². The van der Waals surface area contributed by atoms with Crippen molar-refractivity contribution in [3.05, 3.63) is 48.0 Å². The molecular weight excluding hydrogens is 250 g/mol. The minimum absolute atomic E-state index is 0.100. The standard InChI is InChI=1S/C16H21N3O/c1-2-5-15-14-7-4-3-6-13(14)12-16(20)19(15)18-10-8-17-9-11-18/h2-4,6-7,15,17H,1,5,8-12H2. The van der Waals surface area contributed by atoms with E-state index in [1.165, 1.54) is 5.56 Å². The van der Waals surface area contributed by atoms with Crippen molar-refractivity contribution in [3.8, 4) is 0 Å². The molecule has 2 aliphatic rings. The summed E-state index contributed by atoms with van der Waals surface area (Å²) in [6, 6.07) is 8.38. The summed E-state index contributed by atoms with van der Waals surface area (Å²) in [5.74, 6) is 0.206. The zero-order valence-corrected chi connectivity index (χ0v) is 11.7. The molecule has 1 atom stereocenters. The summed E-state index contributed by atoms with van der Waals surface area (Å²) in [5, 5.41) is 7.51. The molecule has 0 saturated carbocycles. The molecule has 0 aromatic heterocycles. The molecule has 1 aromatic rings. The number of hydrazine groups is 1. The fraction of sp³-hybridized carbons (Fsp3) is 0.438. The number of piperazine rings is 1. The summed E-state index contributed by atoms with van der Waals surface area (Å²) in [6.45, 7) is 7.52. The van der Waals surface area contributed by atoms with Gasteiger partial charge >= 0.3 is 0 Å². The molecule has 2 heterocycles. The molecule has 1 unspecified atom stereocenters. The SMILES string of the molecule is C=CCC1c2ccccc2CC(=O)N1N1CCNCC1. The third kappa shape index (κ3) is 2.37. The van der Waals surface area contributed by atoms with Gasteiger partial charge in [-0.05, 0) is 17.5 Å². The summed E-state index contributed by atoms with van der Waals surface area (Å²) in [4.78, 5) is 12.6. The minimum atomic E-state index is 0.100. The number of hydrogen-bond donors (Lipinski definition) is 1. The largest absolute Gasteiger partial charge is 0.314 e. The Kier molecular flexibility index (Phi) is 3.85. The molecule has 0 aliphatic carbocycles. The van der Waals surface area contributed by atoms with E-state index in [0.29, 0.717) is 6.42 Å².